The van der Waals surface area contributed by atoms with Crippen LogP contribution in [0.1, 0.15) is 25.8 Å². The van der Waals surface area contributed by atoms with E-state index in [0.717, 1.165) is 36.5 Å². The van der Waals surface area contributed by atoms with Gasteiger partial charge >= 0.3 is 0 Å². The quantitative estimate of drug-likeness (QED) is 0.737. The molecule has 1 aromatic carbocycles. The first kappa shape index (κ1) is 14.2. The van der Waals surface area contributed by atoms with Crippen molar-refractivity contribution in [3.8, 4) is 0 Å². The molecule has 4 heteroatoms. The minimum Gasteiger partial charge on any atom is -0.368 e. The van der Waals surface area contributed by atoms with Crippen LogP contribution in [0.4, 0.5) is 10.1 Å². The Kier molecular flexibility index (Phi) is 4.59. The van der Waals surface area contributed by atoms with Crippen molar-refractivity contribution in [3.05, 3.63) is 29.6 Å². The SMILES string of the molecule is CC1(C)CCN(c2ccc(CBr)cc2F)CCS1. The van der Waals surface area contributed by atoms with E-state index in [4.69, 9.17) is 0 Å². The summed E-state index contributed by atoms with van der Waals surface area (Å²) in [6.07, 6.45) is 1.09. The fourth-order valence-electron chi connectivity index (χ4n) is 2.15. The monoisotopic (exact) mass is 331 g/mol. The molecule has 1 aliphatic heterocycles. The van der Waals surface area contributed by atoms with Crippen molar-refractivity contribution in [1.29, 1.82) is 0 Å². The summed E-state index contributed by atoms with van der Waals surface area (Å²) in [5.74, 6) is 0.962. The molecular weight excluding hydrogens is 313 g/mol. The lowest BCUT2D eigenvalue weighted by Crippen LogP contribution is -2.27. The lowest BCUT2D eigenvalue weighted by molar-refractivity contribution is 0.601. The number of anilines is 1. The molecule has 0 aromatic heterocycles. The highest BCUT2D eigenvalue weighted by Crippen LogP contribution is 2.33. The van der Waals surface area contributed by atoms with Gasteiger partial charge in [0.05, 0.1) is 5.69 Å². The fourth-order valence-corrected chi connectivity index (χ4v) is 3.60. The van der Waals surface area contributed by atoms with E-state index in [1.807, 2.05) is 23.9 Å². The topological polar surface area (TPSA) is 3.24 Å². The number of hydrogen-bond acceptors (Lipinski definition) is 2. The number of halogens is 2. The number of benzene rings is 1. The molecule has 0 spiro atoms. The summed E-state index contributed by atoms with van der Waals surface area (Å²) in [7, 11) is 0. The van der Waals surface area contributed by atoms with Crippen LogP contribution >= 0.6 is 27.7 Å². The number of alkyl halides is 1. The second kappa shape index (κ2) is 5.83. The predicted molar refractivity (Wildman–Crippen MR) is 82.4 cm³/mol. The van der Waals surface area contributed by atoms with Crippen LogP contribution in [0.5, 0.6) is 0 Å². The zero-order valence-electron chi connectivity index (χ0n) is 10.9. The summed E-state index contributed by atoms with van der Waals surface area (Å²) in [6.45, 7) is 6.40. The summed E-state index contributed by atoms with van der Waals surface area (Å²) >= 11 is 5.34. The van der Waals surface area contributed by atoms with Gasteiger partial charge in [-0.25, -0.2) is 4.39 Å². The van der Waals surface area contributed by atoms with Crippen molar-refractivity contribution in [3.63, 3.8) is 0 Å². The van der Waals surface area contributed by atoms with Crippen LogP contribution in [-0.4, -0.2) is 23.6 Å². The third-order valence-corrected chi connectivity index (χ3v) is 5.36. The maximum atomic E-state index is 14.1. The highest BCUT2D eigenvalue weighted by Gasteiger charge is 2.24. The third kappa shape index (κ3) is 3.41. The normalized spacial score (nSPS) is 19.7. The Morgan fingerprint density at radius 1 is 1.39 bits per heavy atom. The highest BCUT2D eigenvalue weighted by atomic mass is 79.9. The van der Waals surface area contributed by atoms with E-state index in [-0.39, 0.29) is 5.82 Å². The van der Waals surface area contributed by atoms with Crippen LogP contribution in [0.15, 0.2) is 18.2 Å². The lowest BCUT2D eigenvalue weighted by Gasteiger charge is -2.24. The Balaban J connectivity index is 2.16. The van der Waals surface area contributed by atoms with Gasteiger partial charge in [-0.3, -0.25) is 0 Å². The Bertz CT molecular complexity index is 422. The first-order valence-electron chi connectivity index (χ1n) is 6.25. The third-order valence-electron chi connectivity index (χ3n) is 3.34. The van der Waals surface area contributed by atoms with E-state index < -0.39 is 0 Å². The molecule has 0 aliphatic carbocycles. The van der Waals surface area contributed by atoms with Gasteiger partial charge in [0.25, 0.3) is 0 Å². The maximum absolute atomic E-state index is 14.1. The van der Waals surface area contributed by atoms with E-state index in [9.17, 15) is 4.39 Å². The van der Waals surface area contributed by atoms with E-state index in [0.29, 0.717) is 10.1 Å². The van der Waals surface area contributed by atoms with Gasteiger partial charge in [-0.2, -0.15) is 11.8 Å². The van der Waals surface area contributed by atoms with Crippen LogP contribution in [0.3, 0.4) is 0 Å². The second-order valence-corrected chi connectivity index (χ2v) is 7.63. The minimum absolute atomic E-state index is 0.100. The standard InChI is InChI=1S/C14H19BrFNS/c1-14(2)5-6-17(7-8-18-14)13-4-3-11(10-15)9-12(13)16/h3-4,9H,5-8,10H2,1-2H3. The predicted octanol–water partition coefficient (Wildman–Crippen LogP) is 4.44. The maximum Gasteiger partial charge on any atom is 0.146 e. The zero-order valence-corrected chi connectivity index (χ0v) is 13.3. The summed E-state index contributed by atoms with van der Waals surface area (Å²) in [6, 6.07) is 5.54. The van der Waals surface area contributed by atoms with Gasteiger partial charge in [0, 0.05) is 28.9 Å². The molecule has 0 amide bonds. The van der Waals surface area contributed by atoms with Gasteiger partial charge in [-0.05, 0) is 24.1 Å². The smallest absolute Gasteiger partial charge is 0.146 e. The van der Waals surface area contributed by atoms with E-state index in [1.165, 1.54) is 0 Å². The number of thioether (sulfide) groups is 1. The van der Waals surface area contributed by atoms with Crippen molar-refractivity contribution >= 4 is 33.4 Å². The molecule has 100 valence electrons. The molecule has 0 saturated carbocycles. The van der Waals surface area contributed by atoms with Crippen molar-refractivity contribution in [2.45, 2.75) is 30.3 Å². The van der Waals surface area contributed by atoms with Gasteiger partial charge in [0.15, 0.2) is 0 Å². The van der Waals surface area contributed by atoms with Gasteiger partial charge in [-0.15, -0.1) is 0 Å². The van der Waals surface area contributed by atoms with Gasteiger partial charge in [-0.1, -0.05) is 35.8 Å². The van der Waals surface area contributed by atoms with E-state index in [2.05, 4.69) is 34.7 Å². The van der Waals surface area contributed by atoms with Crippen LogP contribution in [0, 0.1) is 5.82 Å². The largest absolute Gasteiger partial charge is 0.368 e. The van der Waals surface area contributed by atoms with Crippen LogP contribution < -0.4 is 4.90 Å². The Labute approximate surface area is 121 Å². The number of hydrogen-bond donors (Lipinski definition) is 0. The number of rotatable bonds is 2. The Hall–Kier alpha value is -0.220. The van der Waals surface area contributed by atoms with E-state index >= 15 is 0 Å². The first-order valence-corrected chi connectivity index (χ1v) is 8.36. The second-order valence-electron chi connectivity index (χ2n) is 5.26. The molecule has 1 fully saturated rings. The van der Waals surface area contributed by atoms with Gasteiger partial charge in [0.1, 0.15) is 5.82 Å². The molecule has 0 unspecified atom stereocenters. The van der Waals surface area contributed by atoms with Crippen LogP contribution in [0.25, 0.3) is 0 Å². The minimum atomic E-state index is -0.100. The van der Waals surface area contributed by atoms with Crippen molar-refractivity contribution in [1.82, 2.24) is 0 Å². The molecule has 1 aromatic rings. The molecular formula is C14H19BrFNS. The Morgan fingerprint density at radius 3 is 2.83 bits per heavy atom. The Morgan fingerprint density at radius 2 is 2.17 bits per heavy atom. The molecule has 1 heterocycles. The fraction of sp³-hybridized carbons (Fsp3) is 0.571. The van der Waals surface area contributed by atoms with Gasteiger partial charge in [0.2, 0.25) is 0 Å². The molecule has 0 N–H and O–H groups in total. The molecule has 1 nitrogen and oxygen atoms in total. The molecule has 1 aliphatic rings. The van der Waals surface area contributed by atoms with Crippen molar-refractivity contribution in [2.24, 2.45) is 0 Å². The van der Waals surface area contributed by atoms with E-state index in [1.54, 1.807) is 6.07 Å². The lowest BCUT2D eigenvalue weighted by atomic mass is 10.1. The first-order chi connectivity index (χ1) is 8.52. The van der Waals surface area contributed by atoms with Crippen LogP contribution in [0.2, 0.25) is 0 Å². The number of nitrogens with zero attached hydrogens (tertiary/aromatic N) is 1. The molecule has 0 radical (unpaired) electrons. The molecule has 2 rings (SSSR count). The molecule has 1 saturated heterocycles. The average Bonchev–Trinajstić information content (AvgIpc) is 2.50. The molecule has 0 bridgehead atoms. The molecule has 0 atom stereocenters. The summed E-state index contributed by atoms with van der Waals surface area (Å²) < 4.78 is 14.4. The van der Waals surface area contributed by atoms with Crippen molar-refractivity contribution < 1.29 is 4.39 Å². The summed E-state index contributed by atoms with van der Waals surface area (Å²) in [5.41, 5.74) is 1.73. The average molecular weight is 332 g/mol. The summed E-state index contributed by atoms with van der Waals surface area (Å²) in [5, 5.41) is 0.701. The van der Waals surface area contributed by atoms with Gasteiger partial charge < -0.3 is 4.90 Å². The highest BCUT2D eigenvalue weighted by molar-refractivity contribution is 9.08. The molecule has 18 heavy (non-hydrogen) atoms. The van der Waals surface area contributed by atoms with Crippen molar-refractivity contribution in [2.75, 3.05) is 23.7 Å². The zero-order chi connectivity index (χ0) is 13.2. The summed E-state index contributed by atoms with van der Waals surface area (Å²) in [4.78, 5) is 2.18. The van der Waals surface area contributed by atoms with Crippen LogP contribution in [-0.2, 0) is 5.33 Å².